The molecule has 0 radical (unpaired) electrons. The zero-order valence-corrected chi connectivity index (χ0v) is 20.7. The van der Waals surface area contributed by atoms with Crippen LogP contribution in [-0.4, -0.2) is 27.6 Å². The van der Waals surface area contributed by atoms with Gasteiger partial charge in [-0.3, -0.25) is 14.2 Å². The quantitative estimate of drug-likeness (QED) is 0.406. The summed E-state index contributed by atoms with van der Waals surface area (Å²) >= 11 is 9.40. The topological polar surface area (TPSA) is 81.4 Å². The lowest BCUT2D eigenvalue weighted by atomic mass is 9.76. The van der Waals surface area contributed by atoms with E-state index in [1.807, 2.05) is 38.1 Å². The summed E-state index contributed by atoms with van der Waals surface area (Å²) in [6.07, 6.45) is 1.12. The second kappa shape index (κ2) is 7.97. The SMILES string of the molecule is COc1ccc(-c2c(Cl)c(Cn3c(O)csc3=O)nc3sc4c(c23)CCC(=O)C4(C)C)cc1. The number of ether oxygens (including phenoxy) is 1. The van der Waals surface area contributed by atoms with E-state index in [-0.39, 0.29) is 23.1 Å². The van der Waals surface area contributed by atoms with Gasteiger partial charge in [0.05, 0.1) is 35.2 Å². The van der Waals surface area contributed by atoms with Crippen LogP contribution in [0.4, 0.5) is 0 Å². The number of aromatic hydroxyl groups is 1. The molecule has 1 N–H and O–H groups in total. The van der Waals surface area contributed by atoms with E-state index >= 15 is 0 Å². The molecule has 9 heteroatoms. The molecule has 0 aliphatic heterocycles. The second-order valence-electron chi connectivity index (χ2n) is 8.56. The predicted octanol–water partition coefficient (Wildman–Crippen LogP) is 5.40. The lowest BCUT2D eigenvalue weighted by Crippen LogP contribution is -2.32. The lowest BCUT2D eigenvalue weighted by Gasteiger charge is -2.28. The summed E-state index contributed by atoms with van der Waals surface area (Å²) in [4.78, 5) is 31.2. The molecule has 33 heavy (non-hydrogen) atoms. The van der Waals surface area contributed by atoms with Crippen LogP contribution >= 0.6 is 34.3 Å². The van der Waals surface area contributed by atoms with E-state index in [1.54, 1.807) is 7.11 Å². The fourth-order valence-electron chi connectivity index (χ4n) is 4.39. The molecule has 0 bridgehead atoms. The van der Waals surface area contributed by atoms with E-state index < -0.39 is 5.41 Å². The number of benzene rings is 1. The van der Waals surface area contributed by atoms with Gasteiger partial charge in [-0.25, -0.2) is 4.98 Å². The molecular weight excluding hydrogens is 480 g/mol. The molecule has 0 amide bonds. The number of rotatable bonds is 4. The number of Topliss-reactive ketones (excluding diaryl/α,β-unsaturated/α-hetero) is 1. The first-order valence-corrected chi connectivity index (χ1v) is 12.5. The van der Waals surface area contributed by atoms with Crippen LogP contribution in [-0.2, 0) is 23.2 Å². The first-order valence-electron chi connectivity index (χ1n) is 10.4. The van der Waals surface area contributed by atoms with Gasteiger partial charge in [0.25, 0.3) is 0 Å². The molecule has 1 aromatic carbocycles. The normalized spacial score (nSPS) is 15.1. The van der Waals surface area contributed by atoms with Crippen molar-refractivity contribution in [3.05, 3.63) is 60.5 Å². The van der Waals surface area contributed by atoms with Gasteiger partial charge >= 0.3 is 4.87 Å². The Morgan fingerprint density at radius 2 is 1.94 bits per heavy atom. The molecule has 0 atom stereocenters. The number of ketones is 1. The standard InChI is InChI=1S/C24H21ClN2O4S2/c1-24(2)16(28)9-8-14-19-18(12-4-6-13(31-3)7-5-12)20(25)15(26-22(19)33-21(14)24)10-27-17(29)11-32-23(27)30/h4-7,11,29H,8-10H2,1-3H3. The van der Waals surface area contributed by atoms with Crippen molar-refractivity contribution in [2.75, 3.05) is 7.11 Å². The van der Waals surface area contributed by atoms with E-state index in [9.17, 15) is 14.7 Å². The number of carbonyl (C=O) groups is 1. The molecule has 0 saturated heterocycles. The molecule has 6 nitrogen and oxygen atoms in total. The maximum Gasteiger partial charge on any atom is 0.310 e. The number of halogens is 1. The molecule has 5 rings (SSSR count). The highest BCUT2D eigenvalue weighted by molar-refractivity contribution is 7.19. The zero-order valence-electron chi connectivity index (χ0n) is 18.3. The van der Waals surface area contributed by atoms with E-state index in [0.717, 1.165) is 48.9 Å². The van der Waals surface area contributed by atoms with E-state index in [4.69, 9.17) is 21.3 Å². The molecule has 3 heterocycles. The van der Waals surface area contributed by atoms with Crippen molar-refractivity contribution in [2.24, 2.45) is 0 Å². The molecule has 0 saturated carbocycles. The number of pyridine rings is 1. The smallest absolute Gasteiger partial charge is 0.310 e. The highest BCUT2D eigenvalue weighted by atomic mass is 35.5. The van der Waals surface area contributed by atoms with Crippen molar-refractivity contribution >= 4 is 50.3 Å². The molecular formula is C24H21ClN2O4S2. The Balaban J connectivity index is 1.81. The van der Waals surface area contributed by atoms with Crippen LogP contribution in [0.2, 0.25) is 5.02 Å². The van der Waals surface area contributed by atoms with E-state index in [2.05, 4.69) is 0 Å². The molecule has 0 spiro atoms. The first kappa shape index (κ1) is 22.1. The fourth-order valence-corrected chi connectivity index (χ4v) is 6.69. The summed E-state index contributed by atoms with van der Waals surface area (Å²) < 4.78 is 6.57. The van der Waals surface area contributed by atoms with Crippen LogP contribution in [0.5, 0.6) is 11.6 Å². The number of aryl methyl sites for hydroxylation is 1. The summed E-state index contributed by atoms with van der Waals surface area (Å²) in [7, 11) is 1.62. The van der Waals surface area contributed by atoms with Crippen LogP contribution in [0.3, 0.4) is 0 Å². The van der Waals surface area contributed by atoms with Crippen molar-refractivity contribution in [3.63, 3.8) is 0 Å². The number of methoxy groups -OCH3 is 1. The van der Waals surface area contributed by atoms with Crippen LogP contribution in [0, 0.1) is 0 Å². The lowest BCUT2D eigenvalue weighted by molar-refractivity contribution is -0.123. The largest absolute Gasteiger partial charge is 0.497 e. The average Bonchev–Trinajstić information content (AvgIpc) is 3.32. The van der Waals surface area contributed by atoms with Gasteiger partial charge in [-0.05, 0) is 43.5 Å². The van der Waals surface area contributed by atoms with Crippen LogP contribution < -0.4 is 9.61 Å². The summed E-state index contributed by atoms with van der Waals surface area (Å²) in [5.74, 6) is 0.828. The number of thiophene rings is 1. The third-order valence-electron chi connectivity index (χ3n) is 6.26. The summed E-state index contributed by atoms with van der Waals surface area (Å²) in [6, 6.07) is 7.64. The number of carbonyl (C=O) groups excluding carboxylic acids is 1. The van der Waals surface area contributed by atoms with Crippen molar-refractivity contribution in [2.45, 2.75) is 38.6 Å². The Morgan fingerprint density at radius 1 is 1.21 bits per heavy atom. The van der Waals surface area contributed by atoms with Gasteiger partial charge in [-0.2, -0.15) is 0 Å². The Bertz CT molecular complexity index is 1460. The minimum absolute atomic E-state index is 0.0526. The number of nitrogens with zero attached hydrogens (tertiary/aromatic N) is 2. The number of hydrogen-bond acceptors (Lipinski definition) is 7. The maximum absolute atomic E-state index is 12.7. The molecule has 1 aliphatic rings. The van der Waals surface area contributed by atoms with Crippen LogP contribution in [0.1, 0.15) is 36.4 Å². The van der Waals surface area contributed by atoms with Gasteiger partial charge in [0.1, 0.15) is 16.4 Å². The maximum atomic E-state index is 12.7. The Morgan fingerprint density at radius 3 is 2.58 bits per heavy atom. The van der Waals surface area contributed by atoms with Gasteiger partial charge in [-0.1, -0.05) is 35.1 Å². The summed E-state index contributed by atoms with van der Waals surface area (Å²) in [6.45, 7) is 3.97. The molecule has 4 aromatic rings. The highest BCUT2D eigenvalue weighted by Crippen LogP contribution is 2.48. The van der Waals surface area contributed by atoms with Gasteiger partial charge in [0, 0.05) is 22.2 Å². The number of aromatic nitrogens is 2. The van der Waals surface area contributed by atoms with E-state index in [0.29, 0.717) is 23.6 Å². The predicted molar refractivity (Wildman–Crippen MR) is 132 cm³/mol. The van der Waals surface area contributed by atoms with Crippen LogP contribution in [0.25, 0.3) is 21.3 Å². The van der Waals surface area contributed by atoms with Gasteiger partial charge in [-0.15, -0.1) is 11.3 Å². The molecule has 0 unspecified atom stereocenters. The van der Waals surface area contributed by atoms with Gasteiger partial charge < -0.3 is 9.84 Å². The van der Waals surface area contributed by atoms with Crippen molar-refractivity contribution in [1.82, 2.24) is 9.55 Å². The van der Waals surface area contributed by atoms with E-state index in [1.165, 1.54) is 21.3 Å². The second-order valence-corrected chi connectivity index (χ2v) is 10.8. The fraction of sp³-hybridized carbons (Fsp3) is 0.292. The van der Waals surface area contributed by atoms with Crippen molar-refractivity contribution in [1.29, 1.82) is 0 Å². The average molecular weight is 501 g/mol. The monoisotopic (exact) mass is 500 g/mol. The zero-order chi connectivity index (χ0) is 23.5. The number of fused-ring (bicyclic) bond motifs is 3. The van der Waals surface area contributed by atoms with Crippen molar-refractivity contribution in [3.8, 4) is 22.8 Å². The number of thiazole rings is 1. The van der Waals surface area contributed by atoms with Gasteiger partial charge in [0.15, 0.2) is 0 Å². The van der Waals surface area contributed by atoms with Crippen molar-refractivity contribution < 1.29 is 14.6 Å². The van der Waals surface area contributed by atoms with Gasteiger partial charge in [0.2, 0.25) is 5.88 Å². The number of hydrogen-bond donors (Lipinski definition) is 1. The Hall–Kier alpha value is -2.68. The summed E-state index contributed by atoms with van der Waals surface area (Å²) in [5.41, 5.74) is 2.73. The molecule has 3 aromatic heterocycles. The third kappa shape index (κ3) is 3.48. The first-order chi connectivity index (χ1) is 15.7. The minimum atomic E-state index is -0.592. The molecule has 0 fully saturated rings. The van der Waals surface area contributed by atoms with Crippen LogP contribution in [0.15, 0.2) is 34.4 Å². The Labute approximate surface area is 203 Å². The molecule has 170 valence electrons. The summed E-state index contributed by atoms with van der Waals surface area (Å²) in [5, 5.41) is 12.9. The minimum Gasteiger partial charge on any atom is -0.497 e. The molecule has 1 aliphatic carbocycles. The third-order valence-corrected chi connectivity index (χ3v) is 8.87. The Kier molecular flexibility index (Phi) is 5.34. The highest BCUT2D eigenvalue weighted by Gasteiger charge is 2.39.